The second-order valence-electron chi connectivity index (χ2n) is 3.72. The van der Waals surface area contributed by atoms with Crippen molar-refractivity contribution >= 4 is 11.6 Å². The number of rotatable bonds is 0. The number of benzene rings is 1. The molecule has 0 heterocycles. The molecule has 2 nitrogen and oxygen atoms in total. The van der Waals surface area contributed by atoms with Crippen molar-refractivity contribution in [2.24, 2.45) is 11.8 Å². The lowest BCUT2D eigenvalue weighted by Crippen LogP contribution is -2.19. The molecule has 0 radical (unpaired) electrons. The van der Waals surface area contributed by atoms with E-state index in [4.69, 9.17) is 0 Å². The van der Waals surface area contributed by atoms with Crippen molar-refractivity contribution in [2.75, 3.05) is 0 Å². The molecule has 0 saturated heterocycles. The molecule has 0 amide bonds. The minimum Gasteiger partial charge on any atom is -0.294 e. The molecule has 2 heteroatoms. The molecule has 0 bridgehead atoms. The Hall–Kier alpha value is -1.44. The van der Waals surface area contributed by atoms with Crippen LogP contribution in [0.4, 0.5) is 0 Å². The van der Waals surface area contributed by atoms with Gasteiger partial charge in [0.2, 0.25) is 0 Å². The van der Waals surface area contributed by atoms with Crippen molar-refractivity contribution in [1.82, 2.24) is 0 Å². The van der Waals surface area contributed by atoms with E-state index in [9.17, 15) is 9.59 Å². The molecule has 3 rings (SSSR count). The zero-order chi connectivity index (χ0) is 9.00. The number of hydrogen-bond donors (Lipinski definition) is 0. The Labute approximate surface area is 75.6 Å². The molecule has 64 valence electrons. The maximum absolute atomic E-state index is 11.7. The Balaban J connectivity index is 2.26. The second-order valence-corrected chi connectivity index (χ2v) is 3.72. The Bertz CT molecular complexity index is 381. The molecule has 0 unspecified atom stereocenters. The van der Waals surface area contributed by atoms with Crippen LogP contribution >= 0.6 is 0 Å². The summed E-state index contributed by atoms with van der Waals surface area (Å²) in [5.41, 5.74) is 1.26. The lowest BCUT2D eigenvalue weighted by Gasteiger charge is -2.11. The third kappa shape index (κ3) is 0.777. The molecule has 0 aliphatic heterocycles. The third-order valence-corrected chi connectivity index (χ3v) is 2.92. The topological polar surface area (TPSA) is 34.1 Å². The first-order valence-corrected chi connectivity index (χ1v) is 4.46. The predicted octanol–water partition coefficient (Wildman–Crippen LogP) is 1.70. The van der Waals surface area contributed by atoms with Crippen molar-refractivity contribution in [3.8, 4) is 0 Å². The fourth-order valence-electron chi connectivity index (χ4n) is 2.09. The van der Waals surface area contributed by atoms with E-state index in [0.717, 1.165) is 6.42 Å². The van der Waals surface area contributed by atoms with Gasteiger partial charge in [-0.15, -0.1) is 0 Å². The van der Waals surface area contributed by atoms with Gasteiger partial charge in [0.25, 0.3) is 0 Å². The molecular weight excluding hydrogens is 164 g/mol. The first-order valence-electron chi connectivity index (χ1n) is 4.46. The van der Waals surface area contributed by atoms with Gasteiger partial charge in [-0.05, 0) is 6.42 Å². The zero-order valence-electron chi connectivity index (χ0n) is 6.99. The molecule has 0 N–H and O–H groups in total. The number of hydrogen-bond acceptors (Lipinski definition) is 2. The standard InChI is InChI=1S/C11H8O2/c12-10-6-3-1-2-4-7(6)11(13)9-5-8(9)10/h1-4,8-9H,5H2/t8-,9+. The van der Waals surface area contributed by atoms with Crippen molar-refractivity contribution in [1.29, 1.82) is 0 Å². The summed E-state index contributed by atoms with van der Waals surface area (Å²) in [7, 11) is 0. The maximum atomic E-state index is 11.7. The molecule has 1 aromatic rings. The minimum atomic E-state index is 0.0161. The summed E-state index contributed by atoms with van der Waals surface area (Å²) >= 11 is 0. The first-order chi connectivity index (χ1) is 6.29. The summed E-state index contributed by atoms with van der Waals surface area (Å²) in [6.07, 6.45) is 0.770. The number of Topliss-reactive ketones (excluding diaryl/α,β-unsaturated/α-hetero) is 2. The molecule has 13 heavy (non-hydrogen) atoms. The largest absolute Gasteiger partial charge is 0.294 e. The highest BCUT2D eigenvalue weighted by molar-refractivity contribution is 6.18. The van der Waals surface area contributed by atoms with E-state index >= 15 is 0 Å². The van der Waals surface area contributed by atoms with Gasteiger partial charge in [0.15, 0.2) is 11.6 Å². The molecule has 1 aromatic carbocycles. The van der Waals surface area contributed by atoms with Gasteiger partial charge in [-0.3, -0.25) is 9.59 Å². The fourth-order valence-corrected chi connectivity index (χ4v) is 2.09. The van der Waals surface area contributed by atoms with E-state index in [1.165, 1.54) is 0 Å². The summed E-state index contributed by atoms with van der Waals surface area (Å²) in [6.45, 7) is 0. The van der Waals surface area contributed by atoms with Crippen LogP contribution in [0, 0.1) is 11.8 Å². The van der Waals surface area contributed by atoms with Crippen LogP contribution in [0.1, 0.15) is 27.1 Å². The van der Waals surface area contributed by atoms with Gasteiger partial charge < -0.3 is 0 Å². The molecule has 2 aliphatic carbocycles. The van der Waals surface area contributed by atoms with E-state index < -0.39 is 0 Å². The van der Waals surface area contributed by atoms with Gasteiger partial charge in [0, 0.05) is 23.0 Å². The van der Waals surface area contributed by atoms with Gasteiger partial charge in [0.1, 0.15) is 0 Å². The maximum Gasteiger partial charge on any atom is 0.167 e. The van der Waals surface area contributed by atoms with Crippen LogP contribution in [-0.2, 0) is 0 Å². The summed E-state index contributed by atoms with van der Waals surface area (Å²) < 4.78 is 0. The lowest BCUT2D eigenvalue weighted by molar-refractivity contribution is 0.0878. The average molecular weight is 172 g/mol. The molecule has 0 aromatic heterocycles. The Morgan fingerprint density at radius 1 is 0.923 bits per heavy atom. The molecule has 1 fully saturated rings. The van der Waals surface area contributed by atoms with Crippen LogP contribution in [0.5, 0.6) is 0 Å². The Morgan fingerprint density at radius 3 is 1.85 bits per heavy atom. The van der Waals surface area contributed by atoms with Gasteiger partial charge in [-0.25, -0.2) is 0 Å². The van der Waals surface area contributed by atoms with Gasteiger partial charge in [-0.1, -0.05) is 24.3 Å². The van der Waals surface area contributed by atoms with E-state index in [1.54, 1.807) is 12.1 Å². The molecule has 0 spiro atoms. The number of fused-ring (bicyclic) bond motifs is 2. The van der Waals surface area contributed by atoms with Crippen LogP contribution in [0.25, 0.3) is 0 Å². The number of carbonyl (C=O) groups excluding carboxylic acids is 2. The predicted molar refractivity (Wildman–Crippen MR) is 46.7 cm³/mol. The normalized spacial score (nSPS) is 29.5. The quantitative estimate of drug-likeness (QED) is 0.597. The highest BCUT2D eigenvalue weighted by atomic mass is 16.1. The third-order valence-electron chi connectivity index (χ3n) is 2.92. The molecule has 2 aliphatic rings. The summed E-state index contributed by atoms with van der Waals surface area (Å²) in [4.78, 5) is 23.3. The van der Waals surface area contributed by atoms with E-state index in [-0.39, 0.29) is 23.4 Å². The second kappa shape index (κ2) is 2.08. The van der Waals surface area contributed by atoms with Crippen LogP contribution in [-0.4, -0.2) is 11.6 Å². The SMILES string of the molecule is O=C1c2ccccc2C(=O)[C@@H]2C[C@H]12. The van der Waals surface area contributed by atoms with Gasteiger partial charge >= 0.3 is 0 Å². The van der Waals surface area contributed by atoms with Crippen LogP contribution < -0.4 is 0 Å². The average Bonchev–Trinajstić information content (AvgIpc) is 2.94. The molecular formula is C11H8O2. The minimum absolute atomic E-state index is 0.0161. The van der Waals surface area contributed by atoms with Crippen molar-refractivity contribution in [2.45, 2.75) is 6.42 Å². The fraction of sp³-hybridized carbons (Fsp3) is 0.273. The summed E-state index contributed by atoms with van der Waals surface area (Å²) in [6, 6.07) is 7.13. The summed E-state index contributed by atoms with van der Waals surface area (Å²) in [5.74, 6) is 0.366. The number of ketones is 2. The van der Waals surface area contributed by atoms with E-state index in [1.807, 2.05) is 12.1 Å². The molecule has 1 saturated carbocycles. The van der Waals surface area contributed by atoms with Crippen molar-refractivity contribution in [3.63, 3.8) is 0 Å². The van der Waals surface area contributed by atoms with Crippen molar-refractivity contribution in [3.05, 3.63) is 35.4 Å². The monoisotopic (exact) mass is 172 g/mol. The Kier molecular flexibility index (Phi) is 1.12. The van der Waals surface area contributed by atoms with Crippen LogP contribution in [0.3, 0.4) is 0 Å². The van der Waals surface area contributed by atoms with E-state index in [2.05, 4.69) is 0 Å². The zero-order valence-corrected chi connectivity index (χ0v) is 6.99. The Morgan fingerprint density at radius 2 is 1.38 bits per heavy atom. The van der Waals surface area contributed by atoms with Crippen molar-refractivity contribution < 1.29 is 9.59 Å². The van der Waals surface area contributed by atoms with E-state index in [0.29, 0.717) is 11.1 Å². The van der Waals surface area contributed by atoms with Gasteiger partial charge in [-0.2, -0.15) is 0 Å². The highest BCUT2D eigenvalue weighted by Crippen LogP contribution is 2.47. The van der Waals surface area contributed by atoms with Crippen LogP contribution in [0.2, 0.25) is 0 Å². The first kappa shape index (κ1) is 7.01. The van der Waals surface area contributed by atoms with Crippen LogP contribution in [0.15, 0.2) is 24.3 Å². The summed E-state index contributed by atoms with van der Waals surface area (Å²) in [5, 5.41) is 0. The van der Waals surface area contributed by atoms with Gasteiger partial charge in [0.05, 0.1) is 0 Å². The lowest BCUT2D eigenvalue weighted by atomic mass is 9.90. The molecule has 2 atom stereocenters. The number of carbonyl (C=O) groups is 2. The highest BCUT2D eigenvalue weighted by Gasteiger charge is 2.52. The smallest absolute Gasteiger partial charge is 0.167 e.